The number of hydrogen-bond donors (Lipinski definition) is 2. The highest BCUT2D eigenvalue weighted by Gasteiger charge is 2.25. The summed E-state index contributed by atoms with van der Waals surface area (Å²) in [4.78, 5) is 41.3. The van der Waals surface area contributed by atoms with Crippen molar-refractivity contribution in [2.24, 2.45) is 0 Å². The van der Waals surface area contributed by atoms with Crippen LogP contribution in [0.4, 0.5) is 9.93 Å². The summed E-state index contributed by atoms with van der Waals surface area (Å²) in [6.45, 7) is 6.89. The first-order valence-corrected chi connectivity index (χ1v) is 9.60. The quantitative estimate of drug-likeness (QED) is 0.508. The number of amides is 2. The maximum absolute atomic E-state index is 12.0. The van der Waals surface area contributed by atoms with Gasteiger partial charge < -0.3 is 25.0 Å². The molecule has 0 atom stereocenters. The van der Waals surface area contributed by atoms with E-state index in [0.29, 0.717) is 44.2 Å². The second-order valence-electron chi connectivity index (χ2n) is 5.81. The lowest BCUT2D eigenvalue weighted by Gasteiger charge is -2.31. The molecule has 0 unspecified atom stereocenters. The average Bonchev–Trinajstić information content (AvgIpc) is 3.14. The van der Waals surface area contributed by atoms with Gasteiger partial charge in [0.05, 0.1) is 6.61 Å². The van der Waals surface area contributed by atoms with E-state index in [1.165, 1.54) is 11.3 Å². The fourth-order valence-corrected chi connectivity index (χ4v) is 3.19. The molecule has 9 nitrogen and oxygen atoms in total. The van der Waals surface area contributed by atoms with Crippen LogP contribution in [0, 0.1) is 0 Å². The number of rotatable bonds is 8. The van der Waals surface area contributed by atoms with Gasteiger partial charge in [0, 0.05) is 31.1 Å². The number of nitrogens with zero attached hydrogens (tertiary/aromatic N) is 2. The summed E-state index contributed by atoms with van der Waals surface area (Å²) in [5.74, 6) is -1.02. The van der Waals surface area contributed by atoms with Crippen LogP contribution in [0.25, 0.3) is 0 Å². The van der Waals surface area contributed by atoms with E-state index in [1.807, 2.05) is 0 Å². The Labute approximate surface area is 161 Å². The second-order valence-corrected chi connectivity index (χ2v) is 6.67. The molecular weight excluding hydrogens is 372 g/mol. The Morgan fingerprint density at radius 3 is 2.78 bits per heavy atom. The van der Waals surface area contributed by atoms with Crippen LogP contribution < -0.4 is 10.6 Å². The minimum absolute atomic E-state index is 0.0594. The SMILES string of the molecule is C=CCNc1nc(C(=O)OCC(=O)NC2CCN(C(=O)OCC)CC2)cs1. The van der Waals surface area contributed by atoms with Gasteiger partial charge in [-0.3, -0.25) is 4.79 Å². The van der Waals surface area contributed by atoms with Crippen molar-refractivity contribution in [2.75, 3.05) is 38.2 Å². The molecule has 2 N–H and O–H groups in total. The molecule has 1 aliphatic heterocycles. The Morgan fingerprint density at radius 1 is 1.37 bits per heavy atom. The smallest absolute Gasteiger partial charge is 0.409 e. The Kier molecular flexibility index (Phi) is 8.05. The summed E-state index contributed by atoms with van der Waals surface area (Å²) < 4.78 is 9.96. The molecule has 0 aromatic carbocycles. The van der Waals surface area contributed by atoms with Gasteiger partial charge in [-0.05, 0) is 19.8 Å². The lowest BCUT2D eigenvalue weighted by Crippen LogP contribution is -2.47. The molecule has 0 radical (unpaired) electrons. The van der Waals surface area contributed by atoms with E-state index in [2.05, 4.69) is 22.2 Å². The molecule has 1 aromatic rings. The highest BCUT2D eigenvalue weighted by molar-refractivity contribution is 7.13. The van der Waals surface area contributed by atoms with Crippen LogP contribution in [0.1, 0.15) is 30.3 Å². The number of nitrogens with one attached hydrogen (secondary N) is 2. The molecule has 1 aliphatic rings. The van der Waals surface area contributed by atoms with E-state index in [1.54, 1.807) is 23.3 Å². The van der Waals surface area contributed by atoms with E-state index in [-0.39, 0.29) is 30.3 Å². The first-order valence-electron chi connectivity index (χ1n) is 8.72. The van der Waals surface area contributed by atoms with Gasteiger partial charge in [-0.15, -0.1) is 17.9 Å². The van der Waals surface area contributed by atoms with Crippen molar-refractivity contribution in [3.8, 4) is 0 Å². The maximum Gasteiger partial charge on any atom is 0.409 e. The van der Waals surface area contributed by atoms with Crippen molar-refractivity contribution in [2.45, 2.75) is 25.8 Å². The molecule has 2 amide bonds. The van der Waals surface area contributed by atoms with Crippen molar-refractivity contribution in [3.05, 3.63) is 23.7 Å². The first kappa shape index (κ1) is 20.7. The molecule has 1 aromatic heterocycles. The molecule has 0 saturated carbocycles. The molecule has 2 rings (SSSR count). The highest BCUT2D eigenvalue weighted by Crippen LogP contribution is 2.16. The molecule has 0 aliphatic carbocycles. The Hall–Kier alpha value is -2.62. The third kappa shape index (κ3) is 6.55. The number of aromatic nitrogens is 1. The average molecular weight is 396 g/mol. The summed E-state index contributed by atoms with van der Waals surface area (Å²) in [5, 5.41) is 7.94. The van der Waals surface area contributed by atoms with E-state index in [9.17, 15) is 14.4 Å². The Balaban J connectivity index is 1.69. The number of esters is 1. The summed E-state index contributed by atoms with van der Waals surface area (Å²) in [6.07, 6.45) is 2.61. The minimum atomic E-state index is -0.648. The zero-order valence-corrected chi connectivity index (χ0v) is 16.0. The largest absolute Gasteiger partial charge is 0.451 e. The van der Waals surface area contributed by atoms with Crippen molar-refractivity contribution >= 4 is 34.4 Å². The minimum Gasteiger partial charge on any atom is -0.451 e. The molecule has 10 heteroatoms. The van der Waals surface area contributed by atoms with Gasteiger partial charge >= 0.3 is 12.1 Å². The molecule has 1 saturated heterocycles. The second kappa shape index (κ2) is 10.5. The van der Waals surface area contributed by atoms with Crippen LogP contribution in [0.2, 0.25) is 0 Å². The lowest BCUT2D eigenvalue weighted by atomic mass is 10.1. The van der Waals surface area contributed by atoms with Crippen molar-refractivity contribution in [1.82, 2.24) is 15.2 Å². The van der Waals surface area contributed by atoms with E-state index in [4.69, 9.17) is 9.47 Å². The van der Waals surface area contributed by atoms with Gasteiger partial charge in [0.1, 0.15) is 0 Å². The normalized spacial score (nSPS) is 14.3. The summed E-state index contributed by atoms with van der Waals surface area (Å²) >= 11 is 1.27. The van der Waals surface area contributed by atoms with Crippen molar-refractivity contribution in [1.29, 1.82) is 0 Å². The van der Waals surface area contributed by atoms with Gasteiger partial charge in [-0.1, -0.05) is 6.08 Å². The van der Waals surface area contributed by atoms with Gasteiger partial charge in [-0.25, -0.2) is 14.6 Å². The zero-order chi connectivity index (χ0) is 19.6. The first-order chi connectivity index (χ1) is 13.0. The predicted molar refractivity (Wildman–Crippen MR) is 101 cm³/mol. The van der Waals surface area contributed by atoms with Gasteiger partial charge in [0.25, 0.3) is 5.91 Å². The molecule has 1 fully saturated rings. The lowest BCUT2D eigenvalue weighted by molar-refractivity contribution is -0.125. The topological polar surface area (TPSA) is 110 Å². The molecular formula is C17H24N4O5S. The van der Waals surface area contributed by atoms with Gasteiger partial charge in [0.2, 0.25) is 0 Å². The molecule has 0 spiro atoms. The van der Waals surface area contributed by atoms with Crippen LogP contribution in [-0.4, -0.2) is 66.7 Å². The fraction of sp³-hybridized carbons (Fsp3) is 0.529. The maximum atomic E-state index is 12.0. The summed E-state index contributed by atoms with van der Waals surface area (Å²) in [6, 6.07) is -0.0594. The van der Waals surface area contributed by atoms with Crippen LogP contribution in [0.3, 0.4) is 0 Å². The van der Waals surface area contributed by atoms with Crippen LogP contribution in [-0.2, 0) is 14.3 Å². The third-order valence-electron chi connectivity index (χ3n) is 3.83. The predicted octanol–water partition coefficient (Wildman–Crippen LogP) is 1.63. The number of anilines is 1. The Bertz CT molecular complexity index is 670. The monoisotopic (exact) mass is 396 g/mol. The van der Waals surface area contributed by atoms with E-state index < -0.39 is 5.97 Å². The van der Waals surface area contributed by atoms with Crippen LogP contribution in [0.15, 0.2) is 18.0 Å². The number of hydrogen-bond acceptors (Lipinski definition) is 8. The van der Waals surface area contributed by atoms with Crippen LogP contribution >= 0.6 is 11.3 Å². The van der Waals surface area contributed by atoms with Gasteiger partial charge in [0.15, 0.2) is 17.4 Å². The number of carbonyl (C=O) groups excluding carboxylic acids is 3. The van der Waals surface area contributed by atoms with Gasteiger partial charge in [-0.2, -0.15) is 0 Å². The van der Waals surface area contributed by atoms with E-state index >= 15 is 0 Å². The number of ether oxygens (including phenoxy) is 2. The van der Waals surface area contributed by atoms with Crippen LogP contribution in [0.5, 0.6) is 0 Å². The molecule has 27 heavy (non-hydrogen) atoms. The standard InChI is InChI=1S/C17H24N4O5S/c1-3-7-18-16-20-13(11-27-16)15(23)26-10-14(22)19-12-5-8-21(9-6-12)17(24)25-4-2/h3,11-12H,1,4-10H2,2H3,(H,18,20)(H,19,22). The number of piperidine rings is 1. The highest BCUT2D eigenvalue weighted by atomic mass is 32.1. The third-order valence-corrected chi connectivity index (χ3v) is 4.63. The zero-order valence-electron chi connectivity index (χ0n) is 15.2. The van der Waals surface area contributed by atoms with Crippen molar-refractivity contribution < 1.29 is 23.9 Å². The number of thiazole rings is 1. The number of likely N-dealkylation sites (tertiary alicyclic amines) is 1. The Morgan fingerprint density at radius 2 is 2.11 bits per heavy atom. The van der Waals surface area contributed by atoms with Crippen molar-refractivity contribution in [3.63, 3.8) is 0 Å². The summed E-state index contributed by atoms with van der Waals surface area (Å²) in [7, 11) is 0. The van der Waals surface area contributed by atoms with E-state index in [0.717, 1.165) is 0 Å². The summed E-state index contributed by atoms with van der Waals surface area (Å²) in [5.41, 5.74) is 0.155. The number of carbonyl (C=O) groups is 3. The fourth-order valence-electron chi connectivity index (χ4n) is 2.50. The molecule has 0 bridgehead atoms. The molecule has 2 heterocycles. The molecule has 148 valence electrons.